The highest BCUT2D eigenvalue weighted by molar-refractivity contribution is 4.92. The fourth-order valence-electron chi connectivity index (χ4n) is 0.929. The van der Waals surface area contributed by atoms with Gasteiger partial charge in [-0.3, -0.25) is 0 Å². The molecule has 0 aromatic carbocycles. The van der Waals surface area contributed by atoms with Crippen LogP contribution in [0.15, 0.2) is 12.2 Å². The molecule has 0 fully saturated rings. The highest BCUT2D eigenvalue weighted by Gasteiger charge is 2.07. The van der Waals surface area contributed by atoms with E-state index in [1.807, 2.05) is 0 Å². The maximum absolute atomic E-state index is 5.40. The van der Waals surface area contributed by atoms with Gasteiger partial charge in [0, 0.05) is 0 Å². The number of ether oxygens (including phenoxy) is 1. The van der Waals surface area contributed by atoms with Crippen LogP contribution in [0.5, 0.6) is 0 Å². The van der Waals surface area contributed by atoms with Crippen molar-refractivity contribution in [1.82, 2.24) is 0 Å². The van der Waals surface area contributed by atoms with Gasteiger partial charge in [-0.1, -0.05) is 12.2 Å². The molecular formula is C7H12O. The first kappa shape index (κ1) is 5.83. The van der Waals surface area contributed by atoms with E-state index in [1.165, 1.54) is 0 Å². The van der Waals surface area contributed by atoms with E-state index in [0.29, 0.717) is 12.2 Å². The molecule has 0 spiro atoms. The topological polar surface area (TPSA) is 9.23 Å². The summed E-state index contributed by atoms with van der Waals surface area (Å²) in [7, 11) is 0. The van der Waals surface area contributed by atoms with Gasteiger partial charge >= 0.3 is 0 Å². The van der Waals surface area contributed by atoms with Crippen molar-refractivity contribution in [2.45, 2.75) is 32.5 Å². The standard InChI is InChI=1S/C7H12O/c1-6-4-3-5-7(2)8-6/h3-4,6-7H,5H2,1-2H3/t6-,7+/m1/s1. The van der Waals surface area contributed by atoms with Crippen molar-refractivity contribution in [1.29, 1.82) is 0 Å². The van der Waals surface area contributed by atoms with Crippen molar-refractivity contribution in [3.8, 4) is 0 Å². The van der Waals surface area contributed by atoms with Gasteiger partial charge < -0.3 is 4.74 Å². The van der Waals surface area contributed by atoms with Gasteiger partial charge in [-0.25, -0.2) is 0 Å². The van der Waals surface area contributed by atoms with E-state index < -0.39 is 0 Å². The first-order valence-corrected chi connectivity index (χ1v) is 3.11. The van der Waals surface area contributed by atoms with E-state index in [9.17, 15) is 0 Å². The molecule has 0 amide bonds. The van der Waals surface area contributed by atoms with Gasteiger partial charge in [0.2, 0.25) is 0 Å². The molecule has 0 aromatic rings. The second kappa shape index (κ2) is 2.31. The van der Waals surface area contributed by atoms with Crippen LogP contribution >= 0.6 is 0 Å². The van der Waals surface area contributed by atoms with E-state index in [4.69, 9.17) is 4.74 Å². The number of hydrogen-bond acceptors (Lipinski definition) is 1. The van der Waals surface area contributed by atoms with E-state index in [2.05, 4.69) is 26.0 Å². The SMILES string of the molecule is C[C@@H]1C=CC[C@H](C)O1. The molecule has 0 bridgehead atoms. The Hall–Kier alpha value is -0.300. The minimum atomic E-state index is 0.332. The summed E-state index contributed by atoms with van der Waals surface area (Å²) in [6.45, 7) is 4.16. The highest BCUT2D eigenvalue weighted by Crippen LogP contribution is 2.09. The lowest BCUT2D eigenvalue weighted by molar-refractivity contribution is 0.0276. The number of rotatable bonds is 0. The summed E-state index contributed by atoms with van der Waals surface area (Å²) >= 11 is 0. The van der Waals surface area contributed by atoms with Crippen LogP contribution in [0.25, 0.3) is 0 Å². The van der Waals surface area contributed by atoms with Crippen LogP contribution in [0.2, 0.25) is 0 Å². The van der Waals surface area contributed by atoms with Gasteiger partial charge in [0.05, 0.1) is 12.2 Å². The largest absolute Gasteiger partial charge is 0.371 e. The van der Waals surface area contributed by atoms with Gasteiger partial charge in [0.15, 0.2) is 0 Å². The van der Waals surface area contributed by atoms with Crippen molar-refractivity contribution < 1.29 is 4.74 Å². The van der Waals surface area contributed by atoms with Crippen LogP contribution in [0.4, 0.5) is 0 Å². The fraction of sp³-hybridized carbons (Fsp3) is 0.714. The maximum Gasteiger partial charge on any atom is 0.0731 e. The van der Waals surface area contributed by atoms with Crippen molar-refractivity contribution in [2.24, 2.45) is 0 Å². The predicted molar refractivity (Wildman–Crippen MR) is 33.8 cm³/mol. The normalized spacial score (nSPS) is 37.8. The zero-order valence-electron chi connectivity index (χ0n) is 5.42. The minimum Gasteiger partial charge on any atom is -0.371 e. The molecule has 0 unspecified atom stereocenters. The molecule has 0 N–H and O–H groups in total. The molecule has 46 valence electrons. The van der Waals surface area contributed by atoms with Crippen LogP contribution in [0, 0.1) is 0 Å². The molecule has 1 rings (SSSR count). The zero-order chi connectivity index (χ0) is 5.98. The van der Waals surface area contributed by atoms with Gasteiger partial charge in [0.25, 0.3) is 0 Å². The van der Waals surface area contributed by atoms with Gasteiger partial charge in [0.1, 0.15) is 0 Å². The Balaban J connectivity index is 2.42. The summed E-state index contributed by atoms with van der Waals surface area (Å²) < 4.78 is 5.40. The van der Waals surface area contributed by atoms with Crippen molar-refractivity contribution in [3.63, 3.8) is 0 Å². The van der Waals surface area contributed by atoms with Crippen molar-refractivity contribution in [3.05, 3.63) is 12.2 Å². The molecule has 1 aliphatic rings. The Morgan fingerprint density at radius 2 is 2.25 bits per heavy atom. The van der Waals surface area contributed by atoms with Crippen LogP contribution in [0.1, 0.15) is 20.3 Å². The zero-order valence-corrected chi connectivity index (χ0v) is 5.42. The molecule has 0 saturated carbocycles. The summed E-state index contributed by atoms with van der Waals surface area (Å²) in [6, 6.07) is 0. The Kier molecular flexibility index (Phi) is 1.69. The van der Waals surface area contributed by atoms with Crippen LogP contribution in [0.3, 0.4) is 0 Å². The van der Waals surface area contributed by atoms with Crippen LogP contribution in [-0.2, 0) is 4.74 Å². The third-order valence-electron chi connectivity index (χ3n) is 1.32. The molecule has 1 heteroatoms. The molecule has 0 radical (unpaired) electrons. The first-order chi connectivity index (χ1) is 3.79. The third-order valence-corrected chi connectivity index (χ3v) is 1.32. The summed E-state index contributed by atoms with van der Waals surface area (Å²) in [6.07, 6.45) is 6.11. The van der Waals surface area contributed by atoms with Crippen molar-refractivity contribution >= 4 is 0 Å². The van der Waals surface area contributed by atoms with Crippen molar-refractivity contribution in [2.75, 3.05) is 0 Å². The lowest BCUT2D eigenvalue weighted by Gasteiger charge is -2.19. The lowest BCUT2D eigenvalue weighted by Crippen LogP contribution is -2.17. The molecule has 0 aliphatic carbocycles. The Bertz CT molecular complexity index is 96.6. The molecule has 1 aliphatic heterocycles. The lowest BCUT2D eigenvalue weighted by atomic mass is 10.2. The van der Waals surface area contributed by atoms with Gasteiger partial charge in [-0.15, -0.1) is 0 Å². The third kappa shape index (κ3) is 1.34. The van der Waals surface area contributed by atoms with Crippen LogP contribution < -0.4 is 0 Å². The molecule has 0 saturated heterocycles. The Morgan fingerprint density at radius 3 is 2.62 bits per heavy atom. The summed E-state index contributed by atoms with van der Waals surface area (Å²) in [5, 5.41) is 0. The first-order valence-electron chi connectivity index (χ1n) is 3.11. The minimum absolute atomic E-state index is 0.332. The van der Waals surface area contributed by atoms with Gasteiger partial charge in [-0.2, -0.15) is 0 Å². The molecule has 1 heterocycles. The Labute approximate surface area is 50.3 Å². The second-order valence-electron chi connectivity index (χ2n) is 2.32. The monoisotopic (exact) mass is 112 g/mol. The van der Waals surface area contributed by atoms with E-state index >= 15 is 0 Å². The molecule has 0 aromatic heterocycles. The molecule has 8 heavy (non-hydrogen) atoms. The number of hydrogen-bond donors (Lipinski definition) is 0. The quantitative estimate of drug-likeness (QED) is 0.434. The van der Waals surface area contributed by atoms with E-state index in [-0.39, 0.29) is 0 Å². The summed E-state index contributed by atoms with van der Waals surface area (Å²) in [4.78, 5) is 0. The van der Waals surface area contributed by atoms with Crippen LogP contribution in [-0.4, -0.2) is 12.2 Å². The second-order valence-corrected chi connectivity index (χ2v) is 2.32. The predicted octanol–water partition coefficient (Wildman–Crippen LogP) is 1.74. The highest BCUT2D eigenvalue weighted by atomic mass is 16.5. The average molecular weight is 112 g/mol. The maximum atomic E-state index is 5.40. The van der Waals surface area contributed by atoms with E-state index in [1.54, 1.807) is 0 Å². The summed E-state index contributed by atoms with van der Waals surface area (Å²) in [5.74, 6) is 0. The van der Waals surface area contributed by atoms with Gasteiger partial charge in [-0.05, 0) is 20.3 Å². The molecule has 2 atom stereocenters. The fourth-order valence-corrected chi connectivity index (χ4v) is 0.929. The molecular weight excluding hydrogens is 100 g/mol. The summed E-state index contributed by atoms with van der Waals surface area (Å²) in [5.41, 5.74) is 0. The van der Waals surface area contributed by atoms with E-state index in [0.717, 1.165) is 6.42 Å². The smallest absolute Gasteiger partial charge is 0.0731 e. The average Bonchev–Trinajstić information content (AvgIpc) is 1.64. The Morgan fingerprint density at radius 1 is 1.50 bits per heavy atom. The molecule has 1 nitrogen and oxygen atoms in total.